The maximum Gasteiger partial charge on any atom is 0.0243 e. The van der Waals surface area contributed by atoms with Crippen LogP contribution in [0.2, 0.25) is 0 Å². The molecule has 0 nitrogen and oxygen atoms in total. The lowest BCUT2D eigenvalue weighted by atomic mass is 9.78. The first-order valence-corrected chi connectivity index (χ1v) is 5.15. The molecule has 0 N–H and O–H groups in total. The SMILES string of the molecule is [C]1=CC2=C(CCCC2)C2C=CC=C12. The van der Waals surface area contributed by atoms with Gasteiger partial charge in [0.2, 0.25) is 0 Å². The molecule has 0 saturated heterocycles. The summed E-state index contributed by atoms with van der Waals surface area (Å²) in [5, 5.41) is 0. The predicted molar refractivity (Wildman–Crippen MR) is 54.0 cm³/mol. The summed E-state index contributed by atoms with van der Waals surface area (Å²) in [7, 11) is 0. The second kappa shape index (κ2) is 2.73. The van der Waals surface area contributed by atoms with Crippen molar-refractivity contribution in [3.63, 3.8) is 0 Å². The summed E-state index contributed by atoms with van der Waals surface area (Å²) in [6.45, 7) is 0. The zero-order valence-electron chi connectivity index (χ0n) is 7.72. The molecule has 0 amide bonds. The number of hydrogen-bond donors (Lipinski definition) is 0. The van der Waals surface area contributed by atoms with Gasteiger partial charge in [0.25, 0.3) is 0 Å². The highest BCUT2D eigenvalue weighted by molar-refractivity contribution is 5.48. The van der Waals surface area contributed by atoms with E-state index in [1.807, 2.05) is 0 Å². The summed E-state index contributed by atoms with van der Waals surface area (Å²) in [4.78, 5) is 0. The quantitative estimate of drug-likeness (QED) is 0.521. The molecule has 3 aliphatic carbocycles. The third-order valence-corrected chi connectivity index (χ3v) is 3.26. The van der Waals surface area contributed by atoms with Crippen molar-refractivity contribution in [3.05, 3.63) is 47.1 Å². The van der Waals surface area contributed by atoms with Crippen molar-refractivity contribution in [3.8, 4) is 0 Å². The number of allylic oxidation sites excluding steroid dienone is 8. The van der Waals surface area contributed by atoms with Crippen molar-refractivity contribution in [1.29, 1.82) is 0 Å². The van der Waals surface area contributed by atoms with E-state index in [0.717, 1.165) is 0 Å². The topological polar surface area (TPSA) is 0 Å². The first kappa shape index (κ1) is 7.37. The number of fused-ring (bicyclic) bond motifs is 2. The number of hydrogen-bond acceptors (Lipinski definition) is 0. The van der Waals surface area contributed by atoms with Crippen LogP contribution in [0.3, 0.4) is 0 Å². The van der Waals surface area contributed by atoms with Crippen LogP contribution in [0.1, 0.15) is 25.7 Å². The molecule has 0 saturated carbocycles. The molecule has 13 heavy (non-hydrogen) atoms. The Kier molecular flexibility index (Phi) is 1.55. The molecule has 0 bridgehead atoms. The number of rotatable bonds is 0. The van der Waals surface area contributed by atoms with E-state index in [1.165, 1.54) is 31.3 Å². The van der Waals surface area contributed by atoms with Gasteiger partial charge >= 0.3 is 0 Å². The van der Waals surface area contributed by atoms with E-state index in [4.69, 9.17) is 0 Å². The van der Waals surface area contributed by atoms with Gasteiger partial charge in [0.1, 0.15) is 0 Å². The Balaban J connectivity index is 2.06. The summed E-state index contributed by atoms with van der Waals surface area (Å²) >= 11 is 0. The van der Waals surface area contributed by atoms with Gasteiger partial charge in [0, 0.05) is 5.92 Å². The van der Waals surface area contributed by atoms with Gasteiger partial charge in [-0.1, -0.05) is 29.9 Å². The molecule has 1 atom stereocenters. The van der Waals surface area contributed by atoms with Gasteiger partial charge in [-0.2, -0.15) is 0 Å². The van der Waals surface area contributed by atoms with Gasteiger partial charge < -0.3 is 0 Å². The fourth-order valence-electron chi connectivity index (χ4n) is 2.56. The third kappa shape index (κ3) is 1.05. The van der Waals surface area contributed by atoms with Gasteiger partial charge in [-0.05, 0) is 42.9 Å². The zero-order valence-corrected chi connectivity index (χ0v) is 7.72. The lowest BCUT2D eigenvalue weighted by Crippen LogP contribution is -2.11. The minimum Gasteiger partial charge on any atom is -0.0729 e. The van der Waals surface area contributed by atoms with Gasteiger partial charge in [-0.3, -0.25) is 0 Å². The van der Waals surface area contributed by atoms with Crippen LogP contribution in [0.25, 0.3) is 0 Å². The Morgan fingerprint density at radius 3 is 3.15 bits per heavy atom. The average molecular weight is 169 g/mol. The molecule has 1 radical (unpaired) electrons. The molecule has 0 heteroatoms. The van der Waals surface area contributed by atoms with Crippen LogP contribution < -0.4 is 0 Å². The first-order valence-electron chi connectivity index (χ1n) is 5.15. The van der Waals surface area contributed by atoms with Crippen LogP contribution in [-0.4, -0.2) is 0 Å². The molecule has 0 aromatic rings. The minimum atomic E-state index is 0.597. The lowest BCUT2D eigenvalue weighted by molar-refractivity contribution is 0.637. The molecule has 0 spiro atoms. The lowest BCUT2D eigenvalue weighted by Gasteiger charge is -2.26. The molecule has 3 rings (SSSR count). The van der Waals surface area contributed by atoms with Gasteiger partial charge in [0.05, 0.1) is 0 Å². The van der Waals surface area contributed by atoms with Gasteiger partial charge in [0.15, 0.2) is 0 Å². The van der Waals surface area contributed by atoms with Crippen molar-refractivity contribution in [1.82, 2.24) is 0 Å². The molecule has 1 unspecified atom stereocenters. The van der Waals surface area contributed by atoms with Crippen molar-refractivity contribution < 1.29 is 0 Å². The Morgan fingerprint density at radius 2 is 2.15 bits per heavy atom. The van der Waals surface area contributed by atoms with Crippen LogP contribution in [0.5, 0.6) is 0 Å². The highest BCUT2D eigenvalue weighted by atomic mass is 14.3. The molecule has 0 aromatic carbocycles. The summed E-state index contributed by atoms with van der Waals surface area (Å²) in [5.74, 6) is 0.597. The van der Waals surface area contributed by atoms with E-state index in [9.17, 15) is 0 Å². The Hall–Kier alpha value is -1.04. The van der Waals surface area contributed by atoms with Crippen molar-refractivity contribution in [2.24, 2.45) is 5.92 Å². The fourth-order valence-corrected chi connectivity index (χ4v) is 2.56. The highest BCUT2D eigenvalue weighted by Crippen LogP contribution is 2.40. The molecule has 0 aromatic heterocycles. The third-order valence-electron chi connectivity index (χ3n) is 3.26. The summed E-state index contributed by atoms with van der Waals surface area (Å²) in [6, 6.07) is 0. The second-order valence-corrected chi connectivity index (χ2v) is 4.03. The average Bonchev–Trinajstić information content (AvgIpc) is 2.65. The zero-order chi connectivity index (χ0) is 8.67. The second-order valence-electron chi connectivity index (χ2n) is 4.03. The van der Waals surface area contributed by atoms with E-state index in [1.54, 1.807) is 11.1 Å². The molecular weight excluding hydrogens is 156 g/mol. The summed E-state index contributed by atoms with van der Waals surface area (Å²) < 4.78 is 0. The maximum atomic E-state index is 3.40. The maximum absolute atomic E-state index is 3.40. The largest absolute Gasteiger partial charge is 0.0729 e. The van der Waals surface area contributed by atoms with E-state index in [0.29, 0.717) is 5.92 Å². The highest BCUT2D eigenvalue weighted by Gasteiger charge is 2.25. The van der Waals surface area contributed by atoms with Crippen LogP contribution in [-0.2, 0) is 0 Å². The fraction of sp³-hybridized carbons (Fsp3) is 0.385. The van der Waals surface area contributed by atoms with E-state index < -0.39 is 0 Å². The Morgan fingerprint density at radius 1 is 1.23 bits per heavy atom. The van der Waals surface area contributed by atoms with Crippen molar-refractivity contribution in [2.75, 3.05) is 0 Å². The minimum absolute atomic E-state index is 0.597. The first-order chi connectivity index (χ1) is 6.45. The van der Waals surface area contributed by atoms with E-state index in [-0.39, 0.29) is 0 Å². The molecule has 0 fully saturated rings. The van der Waals surface area contributed by atoms with Crippen LogP contribution in [0.15, 0.2) is 41.0 Å². The van der Waals surface area contributed by atoms with Crippen LogP contribution in [0.4, 0.5) is 0 Å². The predicted octanol–water partition coefficient (Wildman–Crippen LogP) is 3.34. The molecule has 0 heterocycles. The van der Waals surface area contributed by atoms with Gasteiger partial charge in [-0.15, -0.1) is 0 Å². The van der Waals surface area contributed by atoms with Crippen LogP contribution >= 0.6 is 0 Å². The van der Waals surface area contributed by atoms with E-state index >= 15 is 0 Å². The monoisotopic (exact) mass is 169 g/mol. The Bertz CT molecular complexity index is 350. The van der Waals surface area contributed by atoms with E-state index in [2.05, 4.69) is 30.4 Å². The molecule has 0 aliphatic heterocycles. The van der Waals surface area contributed by atoms with Crippen molar-refractivity contribution >= 4 is 0 Å². The molecule has 65 valence electrons. The summed E-state index contributed by atoms with van der Waals surface area (Å²) in [5.41, 5.74) is 4.62. The van der Waals surface area contributed by atoms with Gasteiger partial charge in [-0.25, -0.2) is 0 Å². The molecule has 3 aliphatic rings. The molecular formula is C13H13. The summed E-state index contributed by atoms with van der Waals surface area (Å²) in [6.07, 6.45) is 17.6. The van der Waals surface area contributed by atoms with Crippen LogP contribution in [0, 0.1) is 12.0 Å². The Labute approximate surface area is 79.3 Å². The smallest absolute Gasteiger partial charge is 0.0243 e. The standard InChI is InChI=1S/C13H13/c1-2-6-12-10(4-1)8-9-11-5-3-7-13(11)12/h3,5,7-8,13H,1-2,4,6H2. The normalized spacial score (nSPS) is 30.2. The van der Waals surface area contributed by atoms with Crippen molar-refractivity contribution in [2.45, 2.75) is 25.7 Å².